The van der Waals surface area contributed by atoms with Crippen LogP contribution >= 0.6 is 0 Å². The number of rotatable bonds is 6. The third-order valence-corrected chi connectivity index (χ3v) is 3.66. The smallest absolute Gasteiger partial charge is 0.233 e. The second-order valence-corrected chi connectivity index (χ2v) is 5.31. The van der Waals surface area contributed by atoms with Crippen LogP contribution in [0.4, 0.5) is 10.2 Å². The number of nitrogens with two attached hydrogens (primary N) is 1. The van der Waals surface area contributed by atoms with Gasteiger partial charge in [-0.1, -0.05) is 0 Å². The maximum absolute atomic E-state index is 13.2. The van der Waals surface area contributed by atoms with Gasteiger partial charge in [0.15, 0.2) is 0 Å². The summed E-state index contributed by atoms with van der Waals surface area (Å²) in [6.45, 7) is 1.03. The maximum Gasteiger partial charge on any atom is 0.233 e. The zero-order valence-corrected chi connectivity index (χ0v) is 13.0. The van der Waals surface area contributed by atoms with Gasteiger partial charge in [-0.05, 0) is 30.3 Å². The maximum atomic E-state index is 13.2. The van der Waals surface area contributed by atoms with Crippen molar-refractivity contribution in [3.05, 3.63) is 48.5 Å². The molecular formula is C17H18FN5O. The molecule has 5 N–H and O–H groups in total. The second-order valence-electron chi connectivity index (χ2n) is 5.31. The minimum absolute atomic E-state index is 0.0124. The fraction of sp³-hybridized carbons (Fsp3) is 0.176. The average Bonchev–Trinajstić information content (AvgIpc) is 3.02. The fourth-order valence-electron chi connectivity index (χ4n) is 2.46. The molecule has 0 saturated heterocycles. The molecule has 0 unspecified atom stereocenters. The summed E-state index contributed by atoms with van der Waals surface area (Å²) in [7, 11) is 0. The predicted molar refractivity (Wildman–Crippen MR) is 92.0 cm³/mol. The number of amides is 1. The monoisotopic (exact) mass is 327 g/mol. The molecule has 0 aliphatic carbocycles. The summed E-state index contributed by atoms with van der Waals surface area (Å²) >= 11 is 0. The molecule has 0 spiro atoms. The van der Waals surface area contributed by atoms with E-state index in [1.807, 2.05) is 18.3 Å². The molecule has 2 aromatic heterocycles. The van der Waals surface area contributed by atoms with Gasteiger partial charge in [0.1, 0.15) is 11.6 Å². The van der Waals surface area contributed by atoms with Crippen LogP contribution in [0.25, 0.3) is 22.0 Å². The highest BCUT2D eigenvalue weighted by atomic mass is 19.1. The van der Waals surface area contributed by atoms with Gasteiger partial charge in [0.05, 0.1) is 6.54 Å². The topological polar surface area (TPSA) is 95.8 Å². The van der Waals surface area contributed by atoms with Crippen molar-refractivity contribution in [1.82, 2.24) is 15.3 Å². The molecule has 0 aliphatic heterocycles. The minimum Gasteiger partial charge on any atom is -0.368 e. The van der Waals surface area contributed by atoms with Gasteiger partial charge in [0, 0.05) is 47.5 Å². The van der Waals surface area contributed by atoms with E-state index in [2.05, 4.69) is 20.6 Å². The number of nitrogens with zero attached hydrogens (tertiary/aromatic N) is 1. The first-order valence-electron chi connectivity index (χ1n) is 7.61. The van der Waals surface area contributed by atoms with E-state index in [-0.39, 0.29) is 18.3 Å². The number of aromatic amines is 1. The summed E-state index contributed by atoms with van der Waals surface area (Å²) in [6.07, 6.45) is 3.60. The number of benzene rings is 1. The Labute approximate surface area is 138 Å². The van der Waals surface area contributed by atoms with E-state index in [1.54, 1.807) is 12.3 Å². The summed E-state index contributed by atoms with van der Waals surface area (Å²) in [4.78, 5) is 18.4. The Hall–Kier alpha value is -2.93. The molecule has 0 saturated carbocycles. The van der Waals surface area contributed by atoms with Crippen LogP contribution in [0.1, 0.15) is 0 Å². The van der Waals surface area contributed by atoms with Crippen molar-refractivity contribution < 1.29 is 9.18 Å². The molecule has 6 nitrogen and oxygen atoms in total. The number of carbonyl (C=O) groups excluding carboxylic acids is 1. The molecule has 7 heteroatoms. The van der Waals surface area contributed by atoms with E-state index in [1.165, 1.54) is 12.1 Å². The average molecular weight is 327 g/mol. The van der Waals surface area contributed by atoms with E-state index < -0.39 is 0 Å². The lowest BCUT2D eigenvalue weighted by Gasteiger charge is -2.07. The van der Waals surface area contributed by atoms with Gasteiger partial charge in [-0.15, -0.1) is 0 Å². The summed E-state index contributed by atoms with van der Waals surface area (Å²) in [5, 5.41) is 6.74. The Morgan fingerprint density at radius 3 is 2.88 bits per heavy atom. The van der Waals surface area contributed by atoms with Gasteiger partial charge in [0.2, 0.25) is 5.91 Å². The number of aromatic nitrogens is 2. The van der Waals surface area contributed by atoms with Crippen molar-refractivity contribution in [3.63, 3.8) is 0 Å². The lowest BCUT2D eigenvalue weighted by Crippen LogP contribution is -2.33. The standard InChI is InChI=1S/C17H18FN5O/c18-12-2-3-13-14(10-22-15(13)7-12)11-1-4-16(23-9-11)20-5-6-21-17(24)8-19/h1-4,7,9-10,22H,5-6,8,19H2,(H,20,23)(H,21,24). The van der Waals surface area contributed by atoms with Crippen LogP contribution in [0.5, 0.6) is 0 Å². The largest absolute Gasteiger partial charge is 0.368 e. The number of fused-ring (bicyclic) bond motifs is 1. The number of nitrogens with one attached hydrogen (secondary N) is 3. The normalized spacial score (nSPS) is 10.8. The molecule has 0 bridgehead atoms. The van der Waals surface area contributed by atoms with Crippen LogP contribution < -0.4 is 16.4 Å². The van der Waals surface area contributed by atoms with Gasteiger partial charge in [-0.25, -0.2) is 9.37 Å². The molecule has 0 aliphatic rings. The summed E-state index contributed by atoms with van der Waals surface area (Å²) in [5.74, 6) is 0.262. The van der Waals surface area contributed by atoms with Crippen molar-refractivity contribution in [3.8, 4) is 11.1 Å². The lowest BCUT2D eigenvalue weighted by atomic mass is 10.1. The molecule has 3 aromatic rings. The van der Waals surface area contributed by atoms with Gasteiger partial charge in [-0.3, -0.25) is 4.79 Å². The molecule has 0 radical (unpaired) electrons. The number of H-pyrrole nitrogens is 1. The van der Waals surface area contributed by atoms with E-state index in [9.17, 15) is 9.18 Å². The highest BCUT2D eigenvalue weighted by molar-refractivity contribution is 5.95. The Bertz CT molecular complexity index is 844. The molecule has 1 amide bonds. The zero-order valence-electron chi connectivity index (χ0n) is 13.0. The molecule has 0 fully saturated rings. The van der Waals surface area contributed by atoms with Crippen LogP contribution in [0.15, 0.2) is 42.7 Å². The third-order valence-electron chi connectivity index (χ3n) is 3.66. The lowest BCUT2D eigenvalue weighted by molar-refractivity contribution is -0.119. The van der Waals surface area contributed by atoms with Gasteiger partial charge >= 0.3 is 0 Å². The van der Waals surface area contributed by atoms with E-state index in [0.717, 1.165) is 22.0 Å². The highest BCUT2D eigenvalue weighted by Crippen LogP contribution is 2.28. The first kappa shape index (κ1) is 15.9. The van der Waals surface area contributed by atoms with Crippen LogP contribution in [-0.4, -0.2) is 35.5 Å². The van der Waals surface area contributed by atoms with E-state index >= 15 is 0 Å². The van der Waals surface area contributed by atoms with Crippen LogP contribution in [-0.2, 0) is 4.79 Å². The minimum atomic E-state index is -0.268. The van der Waals surface area contributed by atoms with Gasteiger partial charge in [-0.2, -0.15) is 0 Å². The molecule has 3 rings (SSSR count). The number of hydrogen-bond donors (Lipinski definition) is 4. The Balaban J connectivity index is 1.66. The first-order valence-corrected chi connectivity index (χ1v) is 7.61. The number of hydrogen-bond acceptors (Lipinski definition) is 4. The Morgan fingerprint density at radius 1 is 1.25 bits per heavy atom. The fourth-order valence-corrected chi connectivity index (χ4v) is 2.46. The number of halogens is 1. The molecule has 24 heavy (non-hydrogen) atoms. The molecule has 1 aromatic carbocycles. The Kier molecular flexibility index (Phi) is 4.72. The van der Waals surface area contributed by atoms with Crippen molar-refractivity contribution in [2.45, 2.75) is 0 Å². The number of pyridine rings is 1. The number of anilines is 1. The molecule has 124 valence electrons. The number of carbonyl (C=O) groups is 1. The van der Waals surface area contributed by atoms with E-state index in [0.29, 0.717) is 18.9 Å². The predicted octanol–water partition coefficient (Wildman–Crippen LogP) is 1.86. The quantitative estimate of drug-likeness (QED) is 0.520. The molecular weight excluding hydrogens is 309 g/mol. The van der Waals surface area contributed by atoms with Crippen LogP contribution in [0, 0.1) is 5.82 Å². The Morgan fingerprint density at radius 2 is 2.12 bits per heavy atom. The molecule has 2 heterocycles. The van der Waals surface area contributed by atoms with Crippen molar-refractivity contribution in [2.75, 3.05) is 25.0 Å². The highest BCUT2D eigenvalue weighted by Gasteiger charge is 2.07. The van der Waals surface area contributed by atoms with Crippen molar-refractivity contribution >= 4 is 22.6 Å². The van der Waals surface area contributed by atoms with Gasteiger partial charge < -0.3 is 21.4 Å². The summed E-state index contributed by atoms with van der Waals surface area (Å²) < 4.78 is 13.2. The summed E-state index contributed by atoms with van der Waals surface area (Å²) in [6, 6.07) is 8.47. The van der Waals surface area contributed by atoms with Crippen molar-refractivity contribution in [2.24, 2.45) is 5.73 Å². The second kappa shape index (κ2) is 7.10. The third kappa shape index (κ3) is 3.52. The van der Waals surface area contributed by atoms with E-state index in [4.69, 9.17) is 5.73 Å². The van der Waals surface area contributed by atoms with Crippen LogP contribution in [0.2, 0.25) is 0 Å². The van der Waals surface area contributed by atoms with Gasteiger partial charge in [0.25, 0.3) is 0 Å². The van der Waals surface area contributed by atoms with Crippen LogP contribution in [0.3, 0.4) is 0 Å². The summed E-state index contributed by atoms with van der Waals surface area (Å²) in [5.41, 5.74) is 7.87. The SMILES string of the molecule is NCC(=O)NCCNc1ccc(-c2c[nH]c3cc(F)ccc23)cn1. The zero-order chi connectivity index (χ0) is 16.9. The van der Waals surface area contributed by atoms with Crippen molar-refractivity contribution in [1.29, 1.82) is 0 Å². The first-order chi connectivity index (χ1) is 11.7. The molecule has 0 atom stereocenters.